The quantitative estimate of drug-likeness (QED) is 0.226. The molecule has 0 saturated carbocycles. The van der Waals surface area contributed by atoms with E-state index in [1.165, 1.54) is 0 Å². The number of hydrogen-bond acceptors (Lipinski definition) is 4. The lowest BCUT2D eigenvalue weighted by molar-refractivity contribution is -0.113. The van der Waals surface area contributed by atoms with Crippen LogP contribution in [0.3, 0.4) is 0 Å². The van der Waals surface area contributed by atoms with Gasteiger partial charge < -0.3 is 20.3 Å². The van der Waals surface area contributed by atoms with Crippen molar-refractivity contribution in [3.63, 3.8) is 0 Å². The molecule has 0 bridgehead atoms. The molecule has 3 aromatic rings. The monoisotopic (exact) mass is 549 g/mol. The highest BCUT2D eigenvalue weighted by molar-refractivity contribution is 9.10. The highest BCUT2D eigenvalue weighted by Crippen LogP contribution is 2.21. The Labute approximate surface area is 221 Å². The summed E-state index contributed by atoms with van der Waals surface area (Å²) in [5.41, 5.74) is 4.02. The minimum Gasteiger partial charge on any atom is -0.494 e. The molecule has 0 spiro atoms. The zero-order valence-electron chi connectivity index (χ0n) is 21.1. The topological polar surface area (TPSA) is 70.7 Å². The summed E-state index contributed by atoms with van der Waals surface area (Å²) in [6.07, 6.45) is 3.69. The first-order valence-electron chi connectivity index (χ1n) is 11.9. The lowest BCUT2D eigenvalue weighted by Gasteiger charge is -2.14. The Hall–Kier alpha value is -3.58. The molecule has 0 aromatic heterocycles. The maximum absolute atomic E-state index is 13.2. The van der Waals surface area contributed by atoms with Gasteiger partial charge in [-0.3, -0.25) is 9.59 Å². The summed E-state index contributed by atoms with van der Waals surface area (Å²) in [6.45, 7) is 4.68. The first-order chi connectivity index (χ1) is 17.3. The third kappa shape index (κ3) is 7.71. The van der Waals surface area contributed by atoms with Crippen LogP contribution in [-0.2, 0) is 4.79 Å². The van der Waals surface area contributed by atoms with Gasteiger partial charge in [0, 0.05) is 35.5 Å². The molecule has 0 atom stereocenters. The third-order valence-corrected chi connectivity index (χ3v) is 6.40. The van der Waals surface area contributed by atoms with Gasteiger partial charge in [-0.2, -0.15) is 0 Å². The fourth-order valence-electron chi connectivity index (χ4n) is 3.35. The van der Waals surface area contributed by atoms with E-state index < -0.39 is 5.91 Å². The molecule has 0 fully saturated rings. The van der Waals surface area contributed by atoms with Crippen molar-refractivity contribution in [3.8, 4) is 5.75 Å². The van der Waals surface area contributed by atoms with Crippen molar-refractivity contribution in [2.75, 3.05) is 30.9 Å². The molecular formula is C29H32BrN3O3. The molecule has 7 heteroatoms. The Morgan fingerprint density at radius 2 is 1.69 bits per heavy atom. The number of nitrogens with one attached hydrogen (secondary N) is 2. The van der Waals surface area contributed by atoms with Gasteiger partial charge in [-0.25, -0.2) is 0 Å². The Balaban J connectivity index is 1.82. The van der Waals surface area contributed by atoms with Crippen LogP contribution in [0.15, 0.2) is 76.9 Å². The standard InChI is InChI=1S/C29H32BrN3O3/c1-5-6-17-36-25-14-9-22(10-15-25)28(34)32-27(19-21-7-12-24(13-8-21)33(3)4)29(35)31-23-11-16-26(30)20(2)18-23/h7-16,18-19H,5-6,17H2,1-4H3,(H,31,35)(H,32,34)/b27-19+. The lowest BCUT2D eigenvalue weighted by Crippen LogP contribution is -2.30. The van der Waals surface area contributed by atoms with Crippen LogP contribution >= 0.6 is 15.9 Å². The van der Waals surface area contributed by atoms with E-state index in [1.54, 1.807) is 36.4 Å². The molecule has 3 rings (SSSR count). The Morgan fingerprint density at radius 3 is 2.31 bits per heavy atom. The predicted molar refractivity (Wildman–Crippen MR) is 151 cm³/mol. The number of carbonyl (C=O) groups excluding carboxylic acids is 2. The lowest BCUT2D eigenvalue weighted by atomic mass is 10.1. The molecule has 3 aromatic carbocycles. The molecule has 6 nitrogen and oxygen atoms in total. The van der Waals surface area contributed by atoms with Crippen LogP contribution in [0.1, 0.15) is 41.3 Å². The van der Waals surface area contributed by atoms with E-state index in [4.69, 9.17) is 4.74 Å². The summed E-state index contributed by atoms with van der Waals surface area (Å²) in [5, 5.41) is 5.67. The van der Waals surface area contributed by atoms with Crippen LogP contribution in [0.2, 0.25) is 0 Å². The number of rotatable bonds is 10. The fraction of sp³-hybridized carbons (Fsp3) is 0.241. The van der Waals surface area contributed by atoms with Crippen LogP contribution < -0.4 is 20.3 Å². The van der Waals surface area contributed by atoms with Gasteiger partial charge in [-0.05, 0) is 85.1 Å². The molecule has 0 unspecified atom stereocenters. The van der Waals surface area contributed by atoms with Gasteiger partial charge in [0.1, 0.15) is 11.4 Å². The number of hydrogen-bond donors (Lipinski definition) is 2. The van der Waals surface area contributed by atoms with E-state index in [0.29, 0.717) is 23.6 Å². The number of nitrogens with zero attached hydrogens (tertiary/aromatic N) is 1. The maximum atomic E-state index is 13.2. The number of unbranched alkanes of at least 4 members (excludes halogenated alkanes) is 1. The number of carbonyl (C=O) groups is 2. The van der Waals surface area contributed by atoms with Crippen LogP contribution in [0.5, 0.6) is 5.75 Å². The first kappa shape index (κ1) is 27.0. The second kappa shape index (κ2) is 12.9. The highest BCUT2D eigenvalue weighted by atomic mass is 79.9. The average molecular weight is 550 g/mol. The van der Waals surface area contributed by atoms with Crippen molar-refractivity contribution < 1.29 is 14.3 Å². The van der Waals surface area contributed by atoms with Gasteiger partial charge in [-0.1, -0.05) is 41.4 Å². The number of amides is 2. The van der Waals surface area contributed by atoms with Gasteiger partial charge in [0.05, 0.1) is 6.61 Å². The van der Waals surface area contributed by atoms with Gasteiger partial charge in [0.15, 0.2) is 0 Å². The average Bonchev–Trinajstić information content (AvgIpc) is 2.86. The van der Waals surface area contributed by atoms with E-state index in [1.807, 2.05) is 62.3 Å². The fourth-order valence-corrected chi connectivity index (χ4v) is 3.59. The number of halogens is 1. The van der Waals surface area contributed by atoms with Crippen molar-refractivity contribution in [2.24, 2.45) is 0 Å². The summed E-state index contributed by atoms with van der Waals surface area (Å²) in [4.78, 5) is 28.2. The number of anilines is 2. The summed E-state index contributed by atoms with van der Waals surface area (Å²) in [5.74, 6) is -0.0882. The van der Waals surface area contributed by atoms with Crippen molar-refractivity contribution in [3.05, 3.63) is 93.6 Å². The van der Waals surface area contributed by atoms with Gasteiger partial charge in [0.2, 0.25) is 0 Å². The SMILES string of the molecule is CCCCOc1ccc(C(=O)N/C(=C/c2ccc(N(C)C)cc2)C(=O)Nc2ccc(Br)c(C)c2)cc1. The molecule has 2 N–H and O–H groups in total. The van der Waals surface area contributed by atoms with Gasteiger partial charge in [-0.15, -0.1) is 0 Å². The molecule has 0 aliphatic carbocycles. The smallest absolute Gasteiger partial charge is 0.272 e. The van der Waals surface area contributed by atoms with E-state index in [-0.39, 0.29) is 11.6 Å². The summed E-state index contributed by atoms with van der Waals surface area (Å²) < 4.78 is 6.63. The van der Waals surface area contributed by atoms with E-state index in [9.17, 15) is 9.59 Å². The van der Waals surface area contributed by atoms with Crippen LogP contribution in [0.25, 0.3) is 6.08 Å². The number of aryl methyl sites for hydroxylation is 1. The summed E-state index contributed by atoms with van der Waals surface area (Å²) in [6, 6.07) is 20.2. The molecule has 2 amide bonds. The molecular weight excluding hydrogens is 518 g/mol. The van der Waals surface area contributed by atoms with Crippen molar-refractivity contribution in [2.45, 2.75) is 26.7 Å². The second-order valence-electron chi connectivity index (χ2n) is 8.64. The second-order valence-corrected chi connectivity index (χ2v) is 9.50. The molecule has 0 aliphatic rings. The number of ether oxygens (including phenoxy) is 1. The van der Waals surface area contributed by atoms with Gasteiger partial charge >= 0.3 is 0 Å². The minimum atomic E-state index is -0.415. The van der Waals surface area contributed by atoms with Crippen molar-refractivity contribution in [1.82, 2.24) is 5.32 Å². The van der Waals surface area contributed by atoms with Crippen LogP contribution in [-0.4, -0.2) is 32.5 Å². The molecule has 0 heterocycles. The predicted octanol–water partition coefficient (Wildman–Crippen LogP) is 6.41. The first-order valence-corrected chi connectivity index (χ1v) is 12.7. The Morgan fingerprint density at radius 1 is 1.00 bits per heavy atom. The summed E-state index contributed by atoms with van der Waals surface area (Å²) in [7, 11) is 3.93. The van der Waals surface area contributed by atoms with Crippen molar-refractivity contribution in [1.29, 1.82) is 0 Å². The summed E-state index contributed by atoms with van der Waals surface area (Å²) >= 11 is 3.47. The zero-order valence-corrected chi connectivity index (χ0v) is 22.7. The van der Waals surface area contributed by atoms with Crippen LogP contribution in [0.4, 0.5) is 11.4 Å². The maximum Gasteiger partial charge on any atom is 0.272 e. The zero-order chi connectivity index (χ0) is 26.1. The molecule has 188 valence electrons. The minimum absolute atomic E-state index is 0.140. The molecule has 0 radical (unpaired) electrons. The Kier molecular flexibility index (Phi) is 9.70. The molecule has 0 saturated heterocycles. The van der Waals surface area contributed by atoms with Crippen LogP contribution in [0, 0.1) is 6.92 Å². The highest BCUT2D eigenvalue weighted by Gasteiger charge is 2.16. The number of benzene rings is 3. The van der Waals surface area contributed by atoms with E-state index in [2.05, 4.69) is 33.5 Å². The Bertz CT molecular complexity index is 1220. The largest absolute Gasteiger partial charge is 0.494 e. The van der Waals surface area contributed by atoms with E-state index in [0.717, 1.165) is 34.1 Å². The normalized spacial score (nSPS) is 11.1. The van der Waals surface area contributed by atoms with Gasteiger partial charge in [0.25, 0.3) is 11.8 Å². The molecule has 0 aliphatic heterocycles. The van der Waals surface area contributed by atoms with E-state index >= 15 is 0 Å². The molecule has 36 heavy (non-hydrogen) atoms. The van der Waals surface area contributed by atoms with Crippen molar-refractivity contribution >= 4 is 45.2 Å². The third-order valence-electron chi connectivity index (χ3n) is 5.51.